The Morgan fingerprint density at radius 2 is 1.74 bits per heavy atom. The van der Waals surface area contributed by atoms with Gasteiger partial charge in [0.05, 0.1) is 19.8 Å². The molecule has 0 aliphatic rings. The number of aliphatic hydroxyl groups is 1. The van der Waals surface area contributed by atoms with E-state index in [1.165, 1.54) is 19.1 Å². The van der Waals surface area contributed by atoms with Crippen molar-refractivity contribution in [3.05, 3.63) is 52.2 Å². The van der Waals surface area contributed by atoms with Crippen LogP contribution in [-0.4, -0.2) is 67.3 Å². The number of alkyl halides is 3. The number of nitrogens with one attached hydrogen (secondary N) is 3. The number of alkyl carbamates (subject to hydrolysis) is 1. The molecule has 3 rings (SSSR count). The molecule has 15 heteroatoms. The van der Waals surface area contributed by atoms with Crippen LogP contribution in [-0.2, 0) is 19.6 Å². The third-order valence-electron chi connectivity index (χ3n) is 6.48. The van der Waals surface area contributed by atoms with E-state index < -0.39 is 52.9 Å². The molecular formula is C27H35F3N4O6S2. The number of ether oxygens (including phenoxy) is 1. The fraction of sp³-hybridized carbons (Fsp3) is 0.481. The minimum Gasteiger partial charge on any atom is -0.453 e. The van der Waals surface area contributed by atoms with Gasteiger partial charge >= 0.3 is 12.3 Å². The highest BCUT2D eigenvalue weighted by molar-refractivity contribution is 7.89. The van der Waals surface area contributed by atoms with E-state index in [0.717, 1.165) is 17.5 Å². The van der Waals surface area contributed by atoms with Crippen molar-refractivity contribution in [1.29, 1.82) is 0 Å². The Kier molecular flexibility index (Phi) is 10.3. The third-order valence-corrected chi connectivity index (χ3v) is 9.56. The molecule has 0 fully saturated rings. The number of hydrogen-bond acceptors (Lipinski definition) is 7. The largest absolute Gasteiger partial charge is 0.453 e. The number of carbonyl (C=O) groups is 2. The van der Waals surface area contributed by atoms with E-state index in [4.69, 9.17) is 0 Å². The molecule has 0 aliphatic carbocycles. The number of H-pyrrole nitrogens is 1. The predicted octanol–water partition coefficient (Wildman–Crippen LogP) is 4.85. The topological polar surface area (TPSA) is 141 Å². The number of aromatic amines is 1. The Morgan fingerprint density at radius 3 is 2.31 bits per heavy atom. The average molecular weight is 633 g/mol. The van der Waals surface area contributed by atoms with Crippen LogP contribution in [0.15, 0.2) is 47.5 Å². The number of methoxy groups -OCH3 is 1. The van der Waals surface area contributed by atoms with Gasteiger partial charge in [-0.3, -0.25) is 4.79 Å². The molecule has 3 atom stereocenters. The van der Waals surface area contributed by atoms with Crippen LogP contribution < -0.4 is 10.6 Å². The van der Waals surface area contributed by atoms with Gasteiger partial charge in [0.25, 0.3) is 10.0 Å². The SMILES string of the molecule is COC(=O)N[C@@H](C)C(=O)N[C@H](c1ccc([C@@H](CO)N(CCC(C)(C)C)S(=O)(=O)c2cc3ccccc3[nH]2)s1)C(F)(F)F. The number of aromatic nitrogens is 1. The first-order chi connectivity index (χ1) is 19.5. The van der Waals surface area contributed by atoms with Crippen molar-refractivity contribution in [3.63, 3.8) is 0 Å². The number of rotatable bonds is 11. The summed E-state index contributed by atoms with van der Waals surface area (Å²) >= 11 is 0.628. The molecule has 0 radical (unpaired) electrons. The predicted molar refractivity (Wildman–Crippen MR) is 152 cm³/mol. The molecule has 42 heavy (non-hydrogen) atoms. The van der Waals surface area contributed by atoms with Crippen LogP contribution in [0.5, 0.6) is 0 Å². The minimum atomic E-state index is -4.92. The van der Waals surface area contributed by atoms with Crippen molar-refractivity contribution in [2.24, 2.45) is 5.41 Å². The van der Waals surface area contributed by atoms with Crippen LogP contribution in [0.25, 0.3) is 10.9 Å². The highest BCUT2D eigenvalue weighted by Crippen LogP contribution is 2.40. The van der Waals surface area contributed by atoms with E-state index in [9.17, 15) is 36.3 Å². The molecule has 232 valence electrons. The maximum atomic E-state index is 14.1. The van der Waals surface area contributed by atoms with Gasteiger partial charge < -0.3 is 25.5 Å². The first-order valence-electron chi connectivity index (χ1n) is 13.0. The van der Waals surface area contributed by atoms with Gasteiger partial charge in [-0.1, -0.05) is 39.0 Å². The molecule has 0 spiro atoms. The molecule has 0 unspecified atom stereocenters. The molecule has 1 aromatic carbocycles. The lowest BCUT2D eigenvalue weighted by Gasteiger charge is -2.31. The zero-order valence-electron chi connectivity index (χ0n) is 23.8. The normalized spacial score (nSPS) is 14.9. The molecule has 0 saturated heterocycles. The van der Waals surface area contributed by atoms with E-state index in [0.29, 0.717) is 28.7 Å². The van der Waals surface area contributed by atoms with Gasteiger partial charge in [-0.2, -0.15) is 17.5 Å². The zero-order valence-corrected chi connectivity index (χ0v) is 25.4. The smallest absolute Gasteiger partial charge is 0.413 e. The van der Waals surface area contributed by atoms with E-state index in [1.54, 1.807) is 24.3 Å². The Balaban J connectivity index is 1.99. The van der Waals surface area contributed by atoms with Gasteiger partial charge in [-0.15, -0.1) is 11.3 Å². The van der Waals surface area contributed by atoms with Crippen molar-refractivity contribution >= 4 is 44.3 Å². The minimum absolute atomic E-state index is 0.0180. The number of fused-ring (bicyclic) bond motifs is 1. The quantitative estimate of drug-likeness (QED) is 0.238. The lowest BCUT2D eigenvalue weighted by Crippen LogP contribution is -2.48. The molecule has 3 aromatic rings. The van der Waals surface area contributed by atoms with Crippen molar-refractivity contribution in [3.8, 4) is 0 Å². The molecule has 2 amide bonds. The van der Waals surface area contributed by atoms with Gasteiger partial charge in [-0.05, 0) is 43.0 Å². The summed E-state index contributed by atoms with van der Waals surface area (Å²) in [4.78, 5) is 26.6. The fourth-order valence-corrected chi connectivity index (χ4v) is 6.98. The van der Waals surface area contributed by atoms with Crippen LogP contribution in [0.1, 0.15) is 56.0 Å². The second kappa shape index (κ2) is 13.0. The van der Waals surface area contributed by atoms with E-state index >= 15 is 0 Å². The van der Waals surface area contributed by atoms with Gasteiger partial charge in [0.15, 0.2) is 6.04 Å². The lowest BCUT2D eigenvalue weighted by molar-refractivity contribution is -0.163. The number of nitrogens with zero attached hydrogens (tertiary/aromatic N) is 1. The van der Waals surface area contributed by atoms with Crippen molar-refractivity contribution in [2.75, 3.05) is 20.3 Å². The number of hydrogen-bond donors (Lipinski definition) is 4. The highest BCUT2D eigenvalue weighted by atomic mass is 32.2. The summed E-state index contributed by atoms with van der Waals surface area (Å²) in [5.74, 6) is -1.11. The first-order valence-corrected chi connectivity index (χ1v) is 15.2. The van der Waals surface area contributed by atoms with Crippen LogP contribution in [0.4, 0.5) is 18.0 Å². The molecule has 0 bridgehead atoms. The summed E-state index contributed by atoms with van der Waals surface area (Å²) in [5.41, 5.74) is 0.292. The highest BCUT2D eigenvalue weighted by Gasteiger charge is 2.44. The molecule has 0 saturated carbocycles. The number of carbonyl (C=O) groups excluding carboxylic acids is 2. The summed E-state index contributed by atoms with van der Waals surface area (Å²) in [6.07, 6.45) is -5.51. The van der Waals surface area contributed by atoms with Crippen molar-refractivity contribution < 1.29 is 41.0 Å². The number of benzene rings is 1. The number of halogens is 3. The van der Waals surface area contributed by atoms with E-state index in [-0.39, 0.29) is 26.7 Å². The zero-order chi connectivity index (χ0) is 31.5. The van der Waals surface area contributed by atoms with Gasteiger partial charge in [0, 0.05) is 27.2 Å². The van der Waals surface area contributed by atoms with Crippen molar-refractivity contribution in [1.82, 2.24) is 19.9 Å². The number of para-hydroxylation sites is 1. The summed E-state index contributed by atoms with van der Waals surface area (Å²) in [5, 5.41) is 15.0. The number of thiophene rings is 1. The van der Waals surface area contributed by atoms with Gasteiger partial charge in [0.2, 0.25) is 5.91 Å². The van der Waals surface area contributed by atoms with E-state index in [1.807, 2.05) is 26.1 Å². The Bertz CT molecular complexity index is 1460. The lowest BCUT2D eigenvalue weighted by atomic mass is 9.92. The van der Waals surface area contributed by atoms with Gasteiger partial charge in [0.1, 0.15) is 11.1 Å². The molecule has 2 heterocycles. The summed E-state index contributed by atoms with van der Waals surface area (Å²) in [6.45, 7) is 6.24. The number of amides is 2. The molecule has 0 aliphatic heterocycles. The summed E-state index contributed by atoms with van der Waals surface area (Å²) in [7, 11) is -3.20. The fourth-order valence-electron chi connectivity index (χ4n) is 4.11. The van der Waals surface area contributed by atoms with Gasteiger partial charge in [-0.25, -0.2) is 13.2 Å². The molecular weight excluding hydrogens is 597 g/mol. The standard InChI is InChI=1S/C27H35F3N4O6S2/c1-16(31-25(37)40-5)24(36)33-23(27(28,29)30)21-11-10-20(41-21)19(15-35)34(13-12-26(2,3)4)42(38,39)22-14-17-8-6-7-9-18(17)32-22/h6-11,14,16,19,23,32,35H,12-13,15H2,1-5H3,(H,31,37)(H,33,36)/t16-,19+,23+/m0/s1. The van der Waals surface area contributed by atoms with Crippen LogP contribution >= 0.6 is 11.3 Å². The monoisotopic (exact) mass is 632 g/mol. The Hall–Kier alpha value is -3.14. The molecule has 2 aromatic heterocycles. The number of aliphatic hydroxyl groups excluding tert-OH is 1. The van der Waals surface area contributed by atoms with E-state index in [2.05, 4.69) is 15.0 Å². The second-order valence-corrected chi connectivity index (χ2v) is 13.9. The molecule has 10 nitrogen and oxygen atoms in total. The Morgan fingerprint density at radius 1 is 1.10 bits per heavy atom. The molecule has 4 N–H and O–H groups in total. The average Bonchev–Trinajstić information content (AvgIpc) is 3.55. The van der Waals surface area contributed by atoms with Crippen molar-refractivity contribution in [2.45, 2.75) is 63.4 Å². The Labute approximate surface area is 246 Å². The summed E-state index contributed by atoms with van der Waals surface area (Å²) < 4.78 is 75.6. The van der Waals surface area contributed by atoms with Crippen LogP contribution in [0.2, 0.25) is 0 Å². The summed E-state index contributed by atoms with van der Waals surface area (Å²) in [6, 6.07) is 5.91. The first kappa shape index (κ1) is 33.4. The van der Waals surface area contributed by atoms with Crippen LogP contribution in [0, 0.1) is 5.41 Å². The second-order valence-electron chi connectivity index (χ2n) is 10.9. The maximum Gasteiger partial charge on any atom is 0.413 e. The third kappa shape index (κ3) is 8.02. The number of sulfonamides is 1. The van der Waals surface area contributed by atoms with Crippen LogP contribution in [0.3, 0.4) is 0 Å². The maximum absolute atomic E-state index is 14.1.